The van der Waals surface area contributed by atoms with Crippen LogP contribution in [0.2, 0.25) is 5.02 Å². The molecule has 0 spiro atoms. The van der Waals surface area contributed by atoms with Gasteiger partial charge in [0.1, 0.15) is 5.56 Å². The normalized spacial score (nSPS) is 10.2. The van der Waals surface area contributed by atoms with Crippen LogP contribution in [0.1, 0.15) is 15.9 Å². The predicted octanol–water partition coefficient (Wildman–Crippen LogP) is 3.72. The quantitative estimate of drug-likeness (QED) is 0.675. The molecular weight excluding hydrogens is 326 g/mol. The summed E-state index contributed by atoms with van der Waals surface area (Å²) >= 11 is 5.89. The lowest BCUT2D eigenvalue weighted by Gasteiger charge is -2.08. The number of nitro groups is 2. The van der Waals surface area contributed by atoms with E-state index in [1.807, 2.05) is 0 Å². The Hall–Kier alpha value is -3.00. The number of nitro benzene ring substituents is 2. The highest BCUT2D eigenvalue weighted by molar-refractivity contribution is 6.34. The van der Waals surface area contributed by atoms with E-state index in [0.717, 1.165) is 6.07 Å². The van der Waals surface area contributed by atoms with E-state index >= 15 is 0 Å². The number of hydrogen-bond donors (Lipinski definition) is 1. The van der Waals surface area contributed by atoms with Crippen molar-refractivity contribution in [2.75, 3.05) is 5.32 Å². The minimum atomic E-state index is -0.775. The van der Waals surface area contributed by atoms with Crippen LogP contribution in [-0.4, -0.2) is 15.8 Å². The predicted molar refractivity (Wildman–Crippen MR) is 83.9 cm³/mol. The Bertz CT molecular complexity index is 822. The molecule has 0 aliphatic rings. The fourth-order valence-electron chi connectivity index (χ4n) is 2.00. The van der Waals surface area contributed by atoms with Gasteiger partial charge in [-0.25, -0.2) is 0 Å². The molecule has 9 heteroatoms. The summed E-state index contributed by atoms with van der Waals surface area (Å²) in [6.07, 6.45) is 0. The molecular formula is C14H10ClN3O5. The third-order valence-electron chi connectivity index (χ3n) is 3.07. The number of carbonyl (C=O) groups is 1. The van der Waals surface area contributed by atoms with Crippen LogP contribution in [0.25, 0.3) is 0 Å². The van der Waals surface area contributed by atoms with Gasteiger partial charge in [-0.15, -0.1) is 0 Å². The van der Waals surface area contributed by atoms with E-state index in [4.69, 9.17) is 11.6 Å². The fraction of sp³-hybridized carbons (Fsp3) is 0.0714. The van der Waals surface area contributed by atoms with Crippen molar-refractivity contribution in [2.24, 2.45) is 0 Å². The maximum atomic E-state index is 12.3. The lowest BCUT2D eigenvalue weighted by atomic mass is 10.1. The number of nitrogens with zero attached hydrogens (tertiary/aromatic N) is 2. The van der Waals surface area contributed by atoms with E-state index in [9.17, 15) is 25.0 Å². The minimum Gasteiger partial charge on any atom is -0.320 e. The second-order valence-corrected chi connectivity index (χ2v) is 5.01. The summed E-state index contributed by atoms with van der Waals surface area (Å²) in [5, 5.41) is 24.3. The molecule has 1 N–H and O–H groups in total. The zero-order valence-corrected chi connectivity index (χ0v) is 12.5. The average molecular weight is 336 g/mol. The molecule has 0 saturated heterocycles. The molecule has 1 amide bonds. The minimum absolute atomic E-state index is 0.00155. The highest BCUT2D eigenvalue weighted by Crippen LogP contribution is 2.29. The molecule has 118 valence electrons. The second-order valence-electron chi connectivity index (χ2n) is 4.60. The maximum absolute atomic E-state index is 12.3. The molecule has 0 atom stereocenters. The number of nitrogens with one attached hydrogen (secondary N) is 1. The van der Waals surface area contributed by atoms with Crippen LogP contribution in [0.15, 0.2) is 36.4 Å². The number of benzene rings is 2. The van der Waals surface area contributed by atoms with Crippen molar-refractivity contribution >= 4 is 34.6 Å². The topological polar surface area (TPSA) is 115 Å². The van der Waals surface area contributed by atoms with Crippen LogP contribution in [0.5, 0.6) is 0 Å². The Morgan fingerprint density at radius 3 is 2.43 bits per heavy atom. The number of carbonyl (C=O) groups excluding carboxylic acids is 1. The molecule has 2 aromatic rings. The summed E-state index contributed by atoms with van der Waals surface area (Å²) in [5.74, 6) is -0.775. The smallest absolute Gasteiger partial charge is 0.285 e. The van der Waals surface area contributed by atoms with Gasteiger partial charge in [0.05, 0.1) is 20.6 Å². The summed E-state index contributed by atoms with van der Waals surface area (Å²) in [6, 6.07) is 7.85. The van der Waals surface area contributed by atoms with Gasteiger partial charge < -0.3 is 5.32 Å². The van der Waals surface area contributed by atoms with E-state index in [1.165, 1.54) is 37.3 Å². The highest BCUT2D eigenvalue weighted by atomic mass is 35.5. The molecule has 2 aromatic carbocycles. The summed E-state index contributed by atoms with van der Waals surface area (Å²) in [6.45, 7) is 1.51. The first kappa shape index (κ1) is 16.4. The number of rotatable bonds is 4. The monoisotopic (exact) mass is 335 g/mol. The number of hydrogen-bond acceptors (Lipinski definition) is 5. The zero-order valence-electron chi connectivity index (χ0n) is 11.8. The van der Waals surface area contributed by atoms with Crippen LogP contribution in [0.3, 0.4) is 0 Å². The van der Waals surface area contributed by atoms with Crippen molar-refractivity contribution < 1.29 is 14.6 Å². The van der Waals surface area contributed by atoms with Gasteiger partial charge >= 0.3 is 0 Å². The largest absolute Gasteiger partial charge is 0.320 e. The second kappa shape index (κ2) is 6.41. The van der Waals surface area contributed by atoms with E-state index in [2.05, 4.69) is 5.32 Å². The van der Waals surface area contributed by atoms with Crippen LogP contribution < -0.4 is 5.32 Å². The molecule has 0 heterocycles. The number of amides is 1. The lowest BCUT2D eigenvalue weighted by molar-refractivity contribution is -0.385. The van der Waals surface area contributed by atoms with Gasteiger partial charge in [-0.2, -0.15) is 0 Å². The number of anilines is 1. The zero-order chi connectivity index (χ0) is 17.1. The molecule has 0 unspecified atom stereocenters. The van der Waals surface area contributed by atoms with Crippen LogP contribution in [0.4, 0.5) is 17.1 Å². The molecule has 2 rings (SSSR count). The Morgan fingerprint density at radius 2 is 1.83 bits per heavy atom. The van der Waals surface area contributed by atoms with Crippen LogP contribution in [0, 0.1) is 27.2 Å². The van der Waals surface area contributed by atoms with E-state index in [-0.39, 0.29) is 27.6 Å². The Labute approximate surface area is 135 Å². The number of para-hydroxylation sites is 1. The molecule has 0 saturated carbocycles. The van der Waals surface area contributed by atoms with Gasteiger partial charge in [0, 0.05) is 17.7 Å². The molecule has 0 aliphatic heterocycles. The van der Waals surface area contributed by atoms with Crippen LogP contribution >= 0.6 is 11.6 Å². The third kappa shape index (κ3) is 3.43. The summed E-state index contributed by atoms with van der Waals surface area (Å²) in [7, 11) is 0. The summed E-state index contributed by atoms with van der Waals surface area (Å²) < 4.78 is 0. The fourth-order valence-corrected chi connectivity index (χ4v) is 2.16. The molecule has 0 fully saturated rings. The Morgan fingerprint density at radius 1 is 1.13 bits per heavy atom. The molecule has 8 nitrogen and oxygen atoms in total. The SMILES string of the molecule is Cc1cccc(C(=O)Nc2cc([N+](=O)[O-])ccc2Cl)c1[N+](=O)[O-]. The molecule has 0 aromatic heterocycles. The van der Waals surface area contributed by atoms with Crippen molar-refractivity contribution in [1.82, 2.24) is 0 Å². The standard InChI is InChI=1S/C14H10ClN3O5/c1-8-3-2-4-10(13(8)18(22)23)14(19)16-12-7-9(17(20)21)5-6-11(12)15/h2-7H,1H3,(H,16,19). The third-order valence-corrected chi connectivity index (χ3v) is 3.40. The van der Waals surface area contributed by atoms with Gasteiger partial charge in [0.15, 0.2) is 0 Å². The van der Waals surface area contributed by atoms with Gasteiger partial charge in [0.2, 0.25) is 0 Å². The van der Waals surface area contributed by atoms with Crippen molar-refractivity contribution in [1.29, 1.82) is 0 Å². The van der Waals surface area contributed by atoms with E-state index < -0.39 is 15.8 Å². The molecule has 23 heavy (non-hydrogen) atoms. The molecule has 0 aliphatic carbocycles. The lowest BCUT2D eigenvalue weighted by Crippen LogP contribution is -2.15. The number of non-ortho nitro benzene ring substituents is 1. The maximum Gasteiger partial charge on any atom is 0.285 e. The first-order chi connectivity index (χ1) is 10.8. The van der Waals surface area contributed by atoms with Gasteiger partial charge in [-0.3, -0.25) is 25.0 Å². The van der Waals surface area contributed by atoms with Crippen molar-refractivity contribution in [2.45, 2.75) is 6.92 Å². The summed E-state index contributed by atoms with van der Waals surface area (Å²) in [5.41, 5.74) is -0.415. The molecule has 0 bridgehead atoms. The van der Waals surface area contributed by atoms with Gasteiger partial charge in [-0.05, 0) is 19.1 Å². The number of aryl methyl sites for hydroxylation is 1. The Balaban J connectivity index is 2.41. The number of halogens is 1. The average Bonchev–Trinajstić information content (AvgIpc) is 2.48. The van der Waals surface area contributed by atoms with E-state index in [0.29, 0.717) is 5.56 Å². The summed E-state index contributed by atoms with van der Waals surface area (Å²) in [4.78, 5) is 32.9. The van der Waals surface area contributed by atoms with Gasteiger partial charge in [0.25, 0.3) is 17.3 Å². The van der Waals surface area contributed by atoms with Crippen molar-refractivity contribution in [3.63, 3.8) is 0 Å². The van der Waals surface area contributed by atoms with Crippen molar-refractivity contribution in [3.05, 3.63) is 72.8 Å². The first-order valence-corrected chi connectivity index (χ1v) is 6.68. The first-order valence-electron chi connectivity index (χ1n) is 6.30. The van der Waals surface area contributed by atoms with Crippen molar-refractivity contribution in [3.8, 4) is 0 Å². The highest BCUT2D eigenvalue weighted by Gasteiger charge is 2.23. The Kier molecular flexibility index (Phi) is 4.56. The van der Waals surface area contributed by atoms with Crippen LogP contribution in [-0.2, 0) is 0 Å². The molecule has 0 radical (unpaired) electrons. The van der Waals surface area contributed by atoms with Gasteiger partial charge in [-0.1, -0.05) is 23.7 Å². The van der Waals surface area contributed by atoms with E-state index in [1.54, 1.807) is 0 Å².